The molecule has 1 heterocycles. The molecule has 0 aromatic heterocycles. The van der Waals surface area contributed by atoms with Crippen molar-refractivity contribution < 1.29 is 4.79 Å². The molecule has 1 saturated heterocycles. The first kappa shape index (κ1) is 16.4. The number of nitrogens with one attached hydrogen (secondary N) is 1. The molecular formula is C15H31N3O. The molecule has 0 radical (unpaired) electrons. The minimum atomic E-state index is 0.188. The van der Waals surface area contributed by atoms with Gasteiger partial charge in [0.2, 0.25) is 5.91 Å². The lowest BCUT2D eigenvalue weighted by Gasteiger charge is -2.35. The Morgan fingerprint density at radius 3 is 2.11 bits per heavy atom. The highest BCUT2D eigenvalue weighted by molar-refractivity contribution is 5.75. The van der Waals surface area contributed by atoms with Gasteiger partial charge in [-0.2, -0.15) is 0 Å². The quantitative estimate of drug-likeness (QED) is 0.759. The third-order valence-corrected chi connectivity index (χ3v) is 3.43. The van der Waals surface area contributed by atoms with Crippen molar-refractivity contribution in [1.29, 1.82) is 0 Å². The standard InChI is InChI=1S/C15H31N3O/c1-13(2)11-15(19)16-5-6-17-7-9-18(10-8-17)12-14(3)4/h13-14H,5-12H2,1-4H3,(H,16,19). The topological polar surface area (TPSA) is 35.6 Å². The fourth-order valence-corrected chi connectivity index (χ4v) is 2.51. The summed E-state index contributed by atoms with van der Waals surface area (Å²) in [6, 6.07) is 0. The van der Waals surface area contributed by atoms with Gasteiger partial charge in [0.15, 0.2) is 0 Å². The van der Waals surface area contributed by atoms with E-state index in [1.807, 2.05) is 0 Å². The minimum absolute atomic E-state index is 0.188. The van der Waals surface area contributed by atoms with Crippen molar-refractivity contribution in [2.75, 3.05) is 45.8 Å². The minimum Gasteiger partial charge on any atom is -0.355 e. The molecule has 19 heavy (non-hydrogen) atoms. The van der Waals surface area contributed by atoms with E-state index >= 15 is 0 Å². The van der Waals surface area contributed by atoms with Gasteiger partial charge in [-0.25, -0.2) is 0 Å². The third kappa shape index (κ3) is 7.53. The molecule has 0 aromatic carbocycles. The molecule has 0 atom stereocenters. The van der Waals surface area contributed by atoms with Gasteiger partial charge in [0.1, 0.15) is 0 Å². The Kier molecular flexibility index (Phi) is 7.39. The predicted octanol–water partition coefficient (Wildman–Crippen LogP) is 1.42. The van der Waals surface area contributed by atoms with Crippen LogP contribution in [-0.2, 0) is 4.79 Å². The summed E-state index contributed by atoms with van der Waals surface area (Å²) in [5.41, 5.74) is 0. The van der Waals surface area contributed by atoms with Crippen LogP contribution in [0.1, 0.15) is 34.1 Å². The van der Waals surface area contributed by atoms with Crippen LogP contribution < -0.4 is 5.32 Å². The molecule has 0 unspecified atom stereocenters. The zero-order chi connectivity index (χ0) is 14.3. The van der Waals surface area contributed by atoms with Crippen LogP contribution in [0.25, 0.3) is 0 Å². The van der Waals surface area contributed by atoms with Gasteiger partial charge in [-0.05, 0) is 11.8 Å². The predicted molar refractivity (Wildman–Crippen MR) is 80.2 cm³/mol. The fourth-order valence-electron chi connectivity index (χ4n) is 2.51. The Hall–Kier alpha value is -0.610. The van der Waals surface area contributed by atoms with E-state index in [1.54, 1.807) is 0 Å². The van der Waals surface area contributed by atoms with Crippen molar-refractivity contribution in [3.8, 4) is 0 Å². The Bertz CT molecular complexity index is 258. The average Bonchev–Trinajstić information content (AvgIpc) is 2.29. The number of piperazine rings is 1. The van der Waals surface area contributed by atoms with Crippen molar-refractivity contribution in [3.63, 3.8) is 0 Å². The zero-order valence-corrected chi connectivity index (χ0v) is 13.1. The molecule has 1 N–H and O–H groups in total. The summed E-state index contributed by atoms with van der Waals surface area (Å²) in [6.07, 6.45) is 0.641. The summed E-state index contributed by atoms with van der Waals surface area (Å²) in [5, 5.41) is 3.01. The third-order valence-electron chi connectivity index (χ3n) is 3.43. The number of carbonyl (C=O) groups is 1. The van der Waals surface area contributed by atoms with Crippen molar-refractivity contribution >= 4 is 5.91 Å². The monoisotopic (exact) mass is 269 g/mol. The van der Waals surface area contributed by atoms with Crippen molar-refractivity contribution in [2.45, 2.75) is 34.1 Å². The van der Waals surface area contributed by atoms with Crippen LogP contribution in [0.2, 0.25) is 0 Å². The maximum Gasteiger partial charge on any atom is 0.220 e. The summed E-state index contributed by atoms with van der Waals surface area (Å²) in [6.45, 7) is 16.3. The zero-order valence-electron chi connectivity index (χ0n) is 13.1. The molecule has 112 valence electrons. The lowest BCUT2D eigenvalue weighted by molar-refractivity contribution is -0.121. The molecule has 0 aliphatic carbocycles. The molecule has 1 aliphatic rings. The van der Waals surface area contributed by atoms with E-state index in [2.05, 4.69) is 42.8 Å². The second-order valence-corrected chi connectivity index (χ2v) is 6.48. The van der Waals surface area contributed by atoms with E-state index in [0.717, 1.165) is 45.2 Å². The van der Waals surface area contributed by atoms with Gasteiger partial charge in [0.05, 0.1) is 0 Å². The largest absolute Gasteiger partial charge is 0.355 e. The van der Waals surface area contributed by atoms with E-state index in [9.17, 15) is 4.79 Å². The molecule has 0 bridgehead atoms. The normalized spacial score (nSPS) is 18.2. The molecule has 0 aromatic rings. The average molecular weight is 269 g/mol. The SMILES string of the molecule is CC(C)CC(=O)NCCN1CCN(CC(C)C)CC1. The Morgan fingerprint density at radius 2 is 1.58 bits per heavy atom. The first-order valence-corrected chi connectivity index (χ1v) is 7.68. The van der Waals surface area contributed by atoms with Gasteiger partial charge in [-0.3, -0.25) is 9.69 Å². The number of hydrogen-bond acceptors (Lipinski definition) is 3. The first-order chi connectivity index (χ1) is 8.97. The molecule has 1 aliphatic heterocycles. The highest BCUT2D eigenvalue weighted by atomic mass is 16.1. The summed E-state index contributed by atoms with van der Waals surface area (Å²) in [7, 11) is 0. The molecule has 4 nitrogen and oxygen atoms in total. The fraction of sp³-hybridized carbons (Fsp3) is 0.933. The highest BCUT2D eigenvalue weighted by Gasteiger charge is 2.17. The number of rotatable bonds is 7. The van der Waals surface area contributed by atoms with Gasteiger partial charge in [-0.1, -0.05) is 27.7 Å². The van der Waals surface area contributed by atoms with Gasteiger partial charge in [-0.15, -0.1) is 0 Å². The molecule has 1 amide bonds. The Balaban J connectivity index is 2.08. The Morgan fingerprint density at radius 1 is 1.00 bits per heavy atom. The van der Waals surface area contributed by atoms with Crippen LogP contribution in [-0.4, -0.2) is 61.5 Å². The van der Waals surface area contributed by atoms with Crippen LogP contribution in [0.15, 0.2) is 0 Å². The summed E-state index contributed by atoms with van der Waals surface area (Å²) in [5.74, 6) is 1.38. The second-order valence-electron chi connectivity index (χ2n) is 6.48. The molecule has 4 heteroatoms. The van der Waals surface area contributed by atoms with Crippen LogP contribution in [0, 0.1) is 11.8 Å². The summed E-state index contributed by atoms with van der Waals surface area (Å²) < 4.78 is 0. The number of carbonyl (C=O) groups excluding carboxylic acids is 1. The van der Waals surface area contributed by atoms with E-state index in [-0.39, 0.29) is 5.91 Å². The lowest BCUT2D eigenvalue weighted by atomic mass is 10.1. The van der Waals surface area contributed by atoms with Gasteiger partial charge >= 0.3 is 0 Å². The summed E-state index contributed by atoms with van der Waals surface area (Å²) >= 11 is 0. The second kappa shape index (κ2) is 8.54. The van der Waals surface area contributed by atoms with E-state index < -0.39 is 0 Å². The smallest absolute Gasteiger partial charge is 0.220 e. The molecule has 0 spiro atoms. The van der Waals surface area contributed by atoms with Gasteiger partial charge in [0.25, 0.3) is 0 Å². The molecule has 1 fully saturated rings. The summed E-state index contributed by atoms with van der Waals surface area (Å²) in [4.78, 5) is 16.5. The molecule has 1 rings (SSSR count). The maximum absolute atomic E-state index is 11.5. The highest BCUT2D eigenvalue weighted by Crippen LogP contribution is 2.04. The van der Waals surface area contributed by atoms with Gasteiger partial charge < -0.3 is 10.2 Å². The van der Waals surface area contributed by atoms with E-state index in [4.69, 9.17) is 0 Å². The van der Waals surface area contributed by atoms with Crippen molar-refractivity contribution in [1.82, 2.24) is 15.1 Å². The van der Waals surface area contributed by atoms with Crippen LogP contribution in [0.5, 0.6) is 0 Å². The Labute approximate surface area is 118 Å². The van der Waals surface area contributed by atoms with Crippen molar-refractivity contribution in [3.05, 3.63) is 0 Å². The number of amides is 1. The van der Waals surface area contributed by atoms with Crippen LogP contribution in [0.3, 0.4) is 0 Å². The first-order valence-electron chi connectivity index (χ1n) is 7.68. The number of nitrogens with zero attached hydrogens (tertiary/aromatic N) is 2. The van der Waals surface area contributed by atoms with Crippen LogP contribution >= 0.6 is 0 Å². The maximum atomic E-state index is 11.5. The molecular weight excluding hydrogens is 238 g/mol. The van der Waals surface area contributed by atoms with Crippen LogP contribution in [0.4, 0.5) is 0 Å². The molecule has 0 saturated carbocycles. The van der Waals surface area contributed by atoms with E-state index in [0.29, 0.717) is 12.3 Å². The lowest BCUT2D eigenvalue weighted by Crippen LogP contribution is -2.49. The van der Waals surface area contributed by atoms with Crippen molar-refractivity contribution in [2.24, 2.45) is 11.8 Å². The van der Waals surface area contributed by atoms with Gasteiger partial charge in [0, 0.05) is 52.2 Å². The van der Waals surface area contributed by atoms with E-state index in [1.165, 1.54) is 6.54 Å². The number of hydrogen-bond donors (Lipinski definition) is 1.